The molecule has 0 saturated heterocycles. The number of pyridine rings is 2. The highest BCUT2D eigenvalue weighted by molar-refractivity contribution is 5.76. The lowest BCUT2D eigenvalue weighted by atomic mass is 10.1. The van der Waals surface area contributed by atoms with E-state index in [4.69, 9.17) is 0 Å². The van der Waals surface area contributed by atoms with E-state index in [1.165, 1.54) is 0 Å². The van der Waals surface area contributed by atoms with Gasteiger partial charge in [0, 0.05) is 11.6 Å². The average Bonchev–Trinajstić information content (AvgIpc) is 2.35. The van der Waals surface area contributed by atoms with Crippen LogP contribution < -0.4 is 5.32 Å². The molecule has 17 heavy (non-hydrogen) atoms. The van der Waals surface area contributed by atoms with E-state index in [0.29, 0.717) is 5.92 Å². The number of aromatic nitrogens is 2. The maximum absolute atomic E-state index is 9.27. The molecule has 0 aliphatic rings. The SMILES string of the molecule is CC(C)[C@@H](CO)Nc1ccc2cccnc2n1. The molecule has 0 aliphatic heterocycles. The molecular formula is C13H17N3O. The lowest BCUT2D eigenvalue weighted by molar-refractivity contribution is 0.249. The first-order valence-corrected chi connectivity index (χ1v) is 5.80. The lowest BCUT2D eigenvalue weighted by Gasteiger charge is -2.20. The summed E-state index contributed by atoms with van der Waals surface area (Å²) in [5, 5.41) is 13.5. The molecule has 4 heteroatoms. The first kappa shape index (κ1) is 11.8. The Morgan fingerprint density at radius 2 is 2.12 bits per heavy atom. The molecule has 2 aromatic rings. The van der Waals surface area contributed by atoms with Gasteiger partial charge in [-0.1, -0.05) is 13.8 Å². The van der Waals surface area contributed by atoms with Gasteiger partial charge in [-0.25, -0.2) is 9.97 Å². The normalized spacial score (nSPS) is 12.9. The molecule has 2 rings (SSSR count). The topological polar surface area (TPSA) is 58.0 Å². The van der Waals surface area contributed by atoms with Crippen molar-refractivity contribution in [3.63, 3.8) is 0 Å². The van der Waals surface area contributed by atoms with Crippen molar-refractivity contribution in [2.75, 3.05) is 11.9 Å². The second-order valence-corrected chi connectivity index (χ2v) is 4.42. The summed E-state index contributed by atoms with van der Waals surface area (Å²) < 4.78 is 0. The van der Waals surface area contributed by atoms with Crippen molar-refractivity contribution < 1.29 is 5.11 Å². The van der Waals surface area contributed by atoms with Crippen LogP contribution in [0.3, 0.4) is 0 Å². The molecule has 0 aliphatic carbocycles. The molecule has 0 bridgehead atoms. The molecule has 2 N–H and O–H groups in total. The molecular weight excluding hydrogens is 214 g/mol. The standard InChI is InChI=1S/C13H17N3O/c1-9(2)11(8-17)15-12-6-5-10-4-3-7-14-13(10)16-12/h3-7,9,11,17H,8H2,1-2H3,(H,14,15,16)/t11-/m1/s1. The Labute approximate surface area is 101 Å². The van der Waals surface area contributed by atoms with Crippen molar-refractivity contribution in [1.82, 2.24) is 9.97 Å². The Morgan fingerprint density at radius 1 is 1.29 bits per heavy atom. The summed E-state index contributed by atoms with van der Waals surface area (Å²) in [6, 6.07) is 7.78. The summed E-state index contributed by atoms with van der Waals surface area (Å²) in [6.07, 6.45) is 1.73. The van der Waals surface area contributed by atoms with E-state index in [0.717, 1.165) is 16.9 Å². The molecule has 0 aromatic carbocycles. The highest BCUT2D eigenvalue weighted by atomic mass is 16.3. The summed E-state index contributed by atoms with van der Waals surface area (Å²) in [5.41, 5.74) is 0.720. The average molecular weight is 231 g/mol. The van der Waals surface area contributed by atoms with Gasteiger partial charge in [0.15, 0.2) is 5.65 Å². The Bertz CT molecular complexity index is 499. The van der Waals surface area contributed by atoms with Crippen molar-refractivity contribution >= 4 is 16.9 Å². The van der Waals surface area contributed by atoms with Gasteiger partial charge in [0.25, 0.3) is 0 Å². The first-order chi connectivity index (χ1) is 8.20. The van der Waals surface area contributed by atoms with Crippen molar-refractivity contribution in [3.05, 3.63) is 30.5 Å². The molecule has 90 valence electrons. The monoisotopic (exact) mass is 231 g/mol. The molecule has 0 fully saturated rings. The summed E-state index contributed by atoms with van der Waals surface area (Å²) in [5.74, 6) is 1.10. The summed E-state index contributed by atoms with van der Waals surface area (Å²) in [4.78, 5) is 8.62. The maximum Gasteiger partial charge on any atom is 0.161 e. The van der Waals surface area contributed by atoms with Gasteiger partial charge in [-0.05, 0) is 30.2 Å². The fourth-order valence-corrected chi connectivity index (χ4v) is 1.65. The number of nitrogens with zero attached hydrogens (tertiary/aromatic N) is 2. The van der Waals surface area contributed by atoms with Crippen LogP contribution in [0.1, 0.15) is 13.8 Å². The largest absolute Gasteiger partial charge is 0.394 e. The minimum absolute atomic E-state index is 0.0173. The third kappa shape index (κ3) is 2.71. The quantitative estimate of drug-likeness (QED) is 0.845. The third-order valence-corrected chi connectivity index (χ3v) is 2.80. The van der Waals surface area contributed by atoms with Crippen molar-refractivity contribution in [2.45, 2.75) is 19.9 Å². The van der Waals surface area contributed by atoms with E-state index in [2.05, 4.69) is 29.1 Å². The van der Waals surface area contributed by atoms with Crippen molar-refractivity contribution in [1.29, 1.82) is 0 Å². The Hall–Kier alpha value is -1.68. The van der Waals surface area contributed by atoms with Gasteiger partial charge < -0.3 is 10.4 Å². The number of hydrogen-bond donors (Lipinski definition) is 2. The molecule has 4 nitrogen and oxygen atoms in total. The van der Waals surface area contributed by atoms with Crippen molar-refractivity contribution in [2.24, 2.45) is 5.92 Å². The number of hydrogen-bond acceptors (Lipinski definition) is 4. The van der Waals surface area contributed by atoms with Crippen LogP contribution in [0.25, 0.3) is 11.0 Å². The second-order valence-electron chi connectivity index (χ2n) is 4.42. The van der Waals surface area contributed by atoms with Gasteiger partial charge >= 0.3 is 0 Å². The molecule has 0 amide bonds. The minimum Gasteiger partial charge on any atom is -0.394 e. The third-order valence-electron chi connectivity index (χ3n) is 2.80. The fourth-order valence-electron chi connectivity index (χ4n) is 1.65. The van der Waals surface area contributed by atoms with E-state index in [1.54, 1.807) is 6.20 Å². The van der Waals surface area contributed by atoms with Crippen LogP contribution in [0.15, 0.2) is 30.5 Å². The van der Waals surface area contributed by atoms with E-state index in [-0.39, 0.29) is 12.6 Å². The van der Waals surface area contributed by atoms with Gasteiger partial charge in [-0.3, -0.25) is 0 Å². The lowest BCUT2D eigenvalue weighted by Crippen LogP contribution is -2.29. The summed E-state index contributed by atoms with van der Waals surface area (Å²) in [7, 11) is 0. The molecule has 2 heterocycles. The first-order valence-electron chi connectivity index (χ1n) is 5.80. The Morgan fingerprint density at radius 3 is 2.82 bits per heavy atom. The second kappa shape index (κ2) is 5.10. The highest BCUT2D eigenvalue weighted by Gasteiger charge is 2.12. The highest BCUT2D eigenvalue weighted by Crippen LogP contribution is 2.14. The number of nitrogens with one attached hydrogen (secondary N) is 1. The molecule has 2 aromatic heterocycles. The Balaban J connectivity index is 2.24. The molecule has 0 unspecified atom stereocenters. The van der Waals surface area contributed by atoms with Gasteiger partial charge in [0.2, 0.25) is 0 Å². The van der Waals surface area contributed by atoms with Gasteiger partial charge in [-0.15, -0.1) is 0 Å². The predicted octanol–water partition coefficient (Wildman–Crippen LogP) is 2.06. The number of aliphatic hydroxyl groups excluding tert-OH is 1. The molecule has 0 radical (unpaired) electrons. The predicted molar refractivity (Wildman–Crippen MR) is 68.9 cm³/mol. The van der Waals surface area contributed by atoms with E-state index in [1.807, 2.05) is 24.3 Å². The van der Waals surface area contributed by atoms with E-state index >= 15 is 0 Å². The van der Waals surface area contributed by atoms with Crippen LogP contribution in [0.2, 0.25) is 0 Å². The zero-order valence-electron chi connectivity index (χ0n) is 10.1. The number of anilines is 1. The molecule has 1 atom stereocenters. The van der Waals surface area contributed by atoms with Crippen LogP contribution in [-0.4, -0.2) is 27.7 Å². The van der Waals surface area contributed by atoms with Crippen LogP contribution in [0.5, 0.6) is 0 Å². The van der Waals surface area contributed by atoms with Crippen LogP contribution in [-0.2, 0) is 0 Å². The van der Waals surface area contributed by atoms with Gasteiger partial charge in [0.1, 0.15) is 5.82 Å². The van der Waals surface area contributed by atoms with E-state index in [9.17, 15) is 5.11 Å². The van der Waals surface area contributed by atoms with Crippen LogP contribution in [0.4, 0.5) is 5.82 Å². The zero-order valence-corrected chi connectivity index (χ0v) is 10.1. The van der Waals surface area contributed by atoms with Crippen LogP contribution in [0, 0.1) is 5.92 Å². The fraction of sp³-hybridized carbons (Fsp3) is 0.385. The summed E-state index contributed by atoms with van der Waals surface area (Å²) in [6.45, 7) is 4.22. The molecule has 0 spiro atoms. The van der Waals surface area contributed by atoms with Gasteiger partial charge in [0.05, 0.1) is 12.6 Å². The zero-order chi connectivity index (χ0) is 12.3. The number of fused-ring (bicyclic) bond motifs is 1. The molecule has 0 saturated carbocycles. The van der Waals surface area contributed by atoms with Crippen molar-refractivity contribution in [3.8, 4) is 0 Å². The number of aliphatic hydroxyl groups is 1. The van der Waals surface area contributed by atoms with E-state index < -0.39 is 0 Å². The minimum atomic E-state index is 0.0173. The van der Waals surface area contributed by atoms with Gasteiger partial charge in [-0.2, -0.15) is 0 Å². The summed E-state index contributed by atoms with van der Waals surface area (Å²) >= 11 is 0. The smallest absolute Gasteiger partial charge is 0.161 e. The Kier molecular flexibility index (Phi) is 3.54. The number of rotatable bonds is 4. The van der Waals surface area contributed by atoms with Crippen LogP contribution >= 0.6 is 0 Å². The maximum atomic E-state index is 9.27.